The minimum Gasteiger partial charge on any atom is -0.378 e. The summed E-state index contributed by atoms with van der Waals surface area (Å²) in [6.45, 7) is 8.59. The van der Waals surface area contributed by atoms with E-state index in [2.05, 4.69) is 36.9 Å². The first-order valence-electron chi connectivity index (χ1n) is 10.5. The van der Waals surface area contributed by atoms with E-state index in [0.717, 1.165) is 55.2 Å². The normalized spacial score (nSPS) is 20.1. The number of morpholine rings is 1. The molecule has 3 aromatic rings. The van der Waals surface area contributed by atoms with Crippen LogP contribution in [0.15, 0.2) is 23.4 Å². The van der Waals surface area contributed by atoms with Crippen molar-refractivity contribution in [2.45, 2.75) is 32.7 Å². The molecule has 0 N–H and O–H groups in total. The van der Waals surface area contributed by atoms with Crippen LogP contribution in [-0.4, -0.2) is 68.8 Å². The number of hydrogen-bond acceptors (Lipinski definition) is 8. The molecule has 5 heterocycles. The van der Waals surface area contributed by atoms with Crippen molar-refractivity contribution in [2.75, 3.05) is 49.2 Å². The van der Waals surface area contributed by atoms with Gasteiger partial charge in [-0.25, -0.2) is 9.67 Å². The Kier molecular flexibility index (Phi) is 4.86. The SMILES string of the molecule is Cc1nc2ncnn2c(N2CCC[C@@H](n3ncc(N4CCOCC4)cc3=O)C2)c1C. The van der Waals surface area contributed by atoms with E-state index in [-0.39, 0.29) is 11.6 Å². The van der Waals surface area contributed by atoms with Gasteiger partial charge in [0, 0.05) is 43.5 Å². The highest BCUT2D eigenvalue weighted by Crippen LogP contribution is 2.28. The summed E-state index contributed by atoms with van der Waals surface area (Å²) in [4.78, 5) is 26.1. The van der Waals surface area contributed by atoms with Gasteiger partial charge in [-0.1, -0.05) is 0 Å². The highest BCUT2D eigenvalue weighted by molar-refractivity contribution is 5.54. The first kappa shape index (κ1) is 19.0. The number of ether oxygens (including phenoxy) is 1. The molecule has 0 aliphatic carbocycles. The van der Waals surface area contributed by atoms with Crippen LogP contribution in [0.1, 0.15) is 30.1 Å². The Morgan fingerprint density at radius 3 is 2.73 bits per heavy atom. The lowest BCUT2D eigenvalue weighted by atomic mass is 10.0. The maximum atomic E-state index is 12.9. The van der Waals surface area contributed by atoms with E-state index in [1.807, 2.05) is 13.1 Å². The van der Waals surface area contributed by atoms with Crippen molar-refractivity contribution in [3.8, 4) is 0 Å². The second-order valence-electron chi connectivity index (χ2n) is 7.96. The summed E-state index contributed by atoms with van der Waals surface area (Å²) in [5.74, 6) is 1.60. The Morgan fingerprint density at radius 2 is 1.93 bits per heavy atom. The maximum Gasteiger partial charge on any atom is 0.269 e. The number of hydrogen-bond donors (Lipinski definition) is 0. The third kappa shape index (κ3) is 3.30. The summed E-state index contributed by atoms with van der Waals surface area (Å²) in [6.07, 6.45) is 5.23. The van der Waals surface area contributed by atoms with Crippen LogP contribution in [0.25, 0.3) is 5.78 Å². The van der Waals surface area contributed by atoms with Crippen molar-refractivity contribution < 1.29 is 4.74 Å². The Bertz CT molecular complexity index is 1120. The van der Waals surface area contributed by atoms with Crippen LogP contribution in [-0.2, 0) is 4.74 Å². The van der Waals surface area contributed by atoms with E-state index in [0.29, 0.717) is 25.5 Å². The molecule has 2 saturated heterocycles. The van der Waals surface area contributed by atoms with Crippen molar-refractivity contribution in [1.82, 2.24) is 29.4 Å². The zero-order valence-electron chi connectivity index (χ0n) is 17.4. The van der Waals surface area contributed by atoms with Crippen molar-refractivity contribution >= 4 is 17.3 Å². The van der Waals surface area contributed by atoms with Crippen molar-refractivity contribution in [3.05, 3.63) is 40.2 Å². The molecular weight excluding hydrogens is 384 g/mol. The molecule has 0 amide bonds. The van der Waals surface area contributed by atoms with Crippen molar-refractivity contribution in [3.63, 3.8) is 0 Å². The number of piperidine rings is 1. The number of aryl methyl sites for hydroxylation is 1. The molecule has 0 radical (unpaired) electrons. The topological polar surface area (TPSA) is 93.7 Å². The van der Waals surface area contributed by atoms with Crippen LogP contribution < -0.4 is 15.4 Å². The quantitative estimate of drug-likeness (QED) is 0.631. The predicted octanol–water partition coefficient (Wildman–Crippen LogP) is 0.976. The molecule has 5 rings (SSSR count). The third-order valence-electron chi connectivity index (χ3n) is 6.11. The van der Waals surface area contributed by atoms with Gasteiger partial charge in [-0.15, -0.1) is 0 Å². The molecule has 2 aliphatic rings. The van der Waals surface area contributed by atoms with E-state index in [9.17, 15) is 4.79 Å². The fourth-order valence-electron chi connectivity index (χ4n) is 4.41. The Labute approximate surface area is 174 Å². The summed E-state index contributed by atoms with van der Waals surface area (Å²) < 4.78 is 8.83. The molecule has 3 aromatic heterocycles. The summed E-state index contributed by atoms with van der Waals surface area (Å²) in [5.41, 5.74) is 2.84. The number of rotatable bonds is 3. The molecule has 2 aliphatic heterocycles. The Balaban J connectivity index is 1.43. The van der Waals surface area contributed by atoms with Crippen molar-refractivity contribution in [2.24, 2.45) is 0 Å². The standard InChI is InChI=1S/C20H26N8O2/c1-14-15(2)24-20-21-13-23-28(20)19(14)26-5-3-4-16(12-26)27-18(29)10-17(11-22-27)25-6-8-30-9-7-25/h10-11,13,16H,3-9,12H2,1-2H3/t16-/m1/s1. The molecule has 0 spiro atoms. The number of aromatic nitrogens is 6. The zero-order chi connectivity index (χ0) is 20.7. The van der Waals surface area contributed by atoms with E-state index < -0.39 is 0 Å². The summed E-state index contributed by atoms with van der Waals surface area (Å²) in [7, 11) is 0. The monoisotopic (exact) mass is 410 g/mol. The number of fused-ring (bicyclic) bond motifs is 1. The minimum atomic E-state index is -0.0561. The largest absolute Gasteiger partial charge is 0.378 e. The van der Waals surface area contributed by atoms with Crippen LogP contribution in [0.3, 0.4) is 0 Å². The fourth-order valence-corrected chi connectivity index (χ4v) is 4.41. The van der Waals surface area contributed by atoms with Crippen LogP contribution >= 0.6 is 0 Å². The smallest absolute Gasteiger partial charge is 0.269 e. The van der Waals surface area contributed by atoms with Gasteiger partial charge in [-0.3, -0.25) is 4.79 Å². The zero-order valence-corrected chi connectivity index (χ0v) is 17.4. The van der Waals surface area contributed by atoms with Crippen LogP contribution in [0.5, 0.6) is 0 Å². The van der Waals surface area contributed by atoms with Gasteiger partial charge in [0.1, 0.15) is 12.1 Å². The molecule has 0 saturated carbocycles. The second kappa shape index (κ2) is 7.67. The Hall–Kier alpha value is -3.01. The van der Waals surface area contributed by atoms with Crippen LogP contribution in [0.2, 0.25) is 0 Å². The molecule has 30 heavy (non-hydrogen) atoms. The predicted molar refractivity (Wildman–Crippen MR) is 112 cm³/mol. The fraction of sp³-hybridized carbons (Fsp3) is 0.550. The third-order valence-corrected chi connectivity index (χ3v) is 6.11. The molecule has 10 nitrogen and oxygen atoms in total. The highest BCUT2D eigenvalue weighted by Gasteiger charge is 2.27. The summed E-state index contributed by atoms with van der Waals surface area (Å²) in [5, 5.41) is 8.92. The van der Waals surface area contributed by atoms with Crippen molar-refractivity contribution in [1.29, 1.82) is 0 Å². The molecule has 10 heteroatoms. The number of nitrogens with zero attached hydrogens (tertiary/aromatic N) is 8. The first-order valence-corrected chi connectivity index (χ1v) is 10.5. The van der Waals surface area contributed by atoms with E-state index in [1.54, 1.807) is 15.3 Å². The lowest BCUT2D eigenvalue weighted by Gasteiger charge is -2.35. The molecule has 158 valence electrons. The lowest BCUT2D eigenvalue weighted by molar-refractivity contribution is 0.122. The first-order chi connectivity index (χ1) is 14.6. The maximum absolute atomic E-state index is 12.9. The molecule has 1 atom stereocenters. The molecular formula is C20H26N8O2. The van der Waals surface area contributed by atoms with Gasteiger partial charge < -0.3 is 14.5 Å². The van der Waals surface area contributed by atoms with Crippen LogP contribution in [0, 0.1) is 13.8 Å². The highest BCUT2D eigenvalue weighted by atomic mass is 16.5. The van der Waals surface area contributed by atoms with E-state index >= 15 is 0 Å². The molecule has 0 aromatic carbocycles. The molecule has 0 bridgehead atoms. The van der Waals surface area contributed by atoms with Gasteiger partial charge in [0.15, 0.2) is 0 Å². The van der Waals surface area contributed by atoms with Crippen LogP contribution in [0.4, 0.5) is 11.5 Å². The average molecular weight is 410 g/mol. The van der Waals surface area contributed by atoms with Gasteiger partial charge in [0.25, 0.3) is 11.3 Å². The van der Waals surface area contributed by atoms with Gasteiger partial charge in [0.05, 0.1) is 31.1 Å². The van der Waals surface area contributed by atoms with Gasteiger partial charge in [-0.05, 0) is 26.7 Å². The molecule has 0 unspecified atom stereocenters. The van der Waals surface area contributed by atoms with E-state index in [1.165, 1.54) is 6.33 Å². The second-order valence-corrected chi connectivity index (χ2v) is 7.96. The average Bonchev–Trinajstić information content (AvgIpc) is 3.23. The van der Waals surface area contributed by atoms with Gasteiger partial charge in [-0.2, -0.15) is 19.7 Å². The van der Waals surface area contributed by atoms with E-state index in [4.69, 9.17) is 4.74 Å². The summed E-state index contributed by atoms with van der Waals surface area (Å²) in [6, 6.07) is 1.71. The minimum absolute atomic E-state index is 0.0106. The summed E-state index contributed by atoms with van der Waals surface area (Å²) >= 11 is 0. The van der Waals surface area contributed by atoms with Gasteiger partial charge >= 0.3 is 0 Å². The Morgan fingerprint density at radius 1 is 1.10 bits per heavy atom. The lowest BCUT2D eigenvalue weighted by Crippen LogP contribution is -2.42. The molecule has 2 fully saturated rings. The number of anilines is 2. The van der Waals surface area contributed by atoms with Gasteiger partial charge in [0.2, 0.25) is 0 Å².